The number of hydrogen-bond acceptors (Lipinski definition) is 8. The highest BCUT2D eigenvalue weighted by Gasteiger charge is 2.41. The first-order valence-electron chi connectivity index (χ1n) is 17.2. The van der Waals surface area contributed by atoms with Crippen LogP contribution >= 0.6 is 0 Å². The fourth-order valence-electron chi connectivity index (χ4n) is 6.32. The predicted octanol–water partition coefficient (Wildman–Crippen LogP) is 5.36. The summed E-state index contributed by atoms with van der Waals surface area (Å²) in [5.74, 6) is -4.22. The highest BCUT2D eigenvalue weighted by atomic mass is 32.2. The number of anilines is 1. The molecule has 4 N–H and O–H groups in total. The Hall–Kier alpha value is -5.89. The molecule has 3 amide bonds. The minimum Gasteiger partial charge on any atom is -0.542 e. The Morgan fingerprint density at radius 2 is 1.47 bits per heavy atom. The van der Waals surface area contributed by atoms with Gasteiger partial charge in [-0.15, -0.1) is 0 Å². The van der Waals surface area contributed by atoms with Gasteiger partial charge in [0.15, 0.2) is 0 Å². The van der Waals surface area contributed by atoms with E-state index in [0.717, 1.165) is 30.7 Å². The summed E-state index contributed by atoms with van der Waals surface area (Å²) in [5, 5.41) is 21.3. The largest absolute Gasteiger partial charge is 0.542 e. The topological polar surface area (TPSA) is 179 Å². The van der Waals surface area contributed by atoms with Crippen molar-refractivity contribution in [3.05, 3.63) is 120 Å². The van der Waals surface area contributed by atoms with Crippen LogP contribution in [0.15, 0.2) is 102 Å². The number of carboxylic acids is 1. The first-order valence-corrected chi connectivity index (χ1v) is 18.6. The Kier molecular flexibility index (Phi) is 14.0. The van der Waals surface area contributed by atoms with Crippen LogP contribution in [0, 0.1) is 5.82 Å². The summed E-state index contributed by atoms with van der Waals surface area (Å²) in [4.78, 5) is 36.9. The first-order chi connectivity index (χ1) is 27.0. The molecule has 0 aliphatic carbocycles. The van der Waals surface area contributed by atoms with Gasteiger partial charge in [-0.25, -0.2) is 9.18 Å². The zero-order valence-electron chi connectivity index (χ0n) is 30.5. The van der Waals surface area contributed by atoms with Crippen molar-refractivity contribution in [2.75, 3.05) is 25.5 Å². The van der Waals surface area contributed by atoms with Crippen molar-refractivity contribution in [2.45, 2.75) is 55.1 Å². The van der Waals surface area contributed by atoms with E-state index in [1.54, 1.807) is 24.3 Å². The molecule has 4 aromatic carbocycles. The number of nitrogens with zero attached hydrogens (tertiary/aromatic N) is 2. The average molecular weight is 843 g/mol. The third-order valence-corrected chi connectivity index (χ3v) is 10.3. The Morgan fingerprint density at radius 1 is 0.914 bits per heavy atom. The van der Waals surface area contributed by atoms with Gasteiger partial charge in [-0.3, -0.25) is 4.79 Å². The summed E-state index contributed by atoms with van der Waals surface area (Å²) >= 11 is 0. The van der Waals surface area contributed by atoms with E-state index in [1.165, 1.54) is 53.4 Å². The summed E-state index contributed by atoms with van der Waals surface area (Å²) in [6, 6.07) is 18.4. The van der Waals surface area contributed by atoms with Gasteiger partial charge in [0.25, 0.3) is 0 Å². The number of likely N-dealkylation sites (tertiary alicyclic amines) is 1. The van der Waals surface area contributed by atoms with Crippen LogP contribution in [0.4, 0.5) is 41.2 Å². The lowest BCUT2D eigenvalue weighted by Gasteiger charge is -2.46. The van der Waals surface area contributed by atoms with Gasteiger partial charge in [0, 0.05) is 17.7 Å². The predicted molar refractivity (Wildman–Crippen MR) is 191 cm³/mol. The standard InChI is InChI=1S/C36H36F4N4O6S.C2HF3O2/c1-44(22-25-4-10-27(37)11-5-25)20-2-3-29(23-44)43(33(34(41)46)21-24-6-14-30(45)15-7-24)35(47)42-28-12-16-31(17-13-28)50-51(48,49)32-18-8-26(9-19-32)36(38,39)40;3-2(4,5)1(6)7/h4-19,29,33H,2-3,20-23H2,1H3,(H3-,41,42,45,46,47);(H,6,7)/t29-,33-,44?;/m0./s1. The molecule has 4 aromatic rings. The lowest BCUT2D eigenvalue weighted by molar-refractivity contribution is -0.928. The highest BCUT2D eigenvalue weighted by Crippen LogP contribution is 2.31. The molecule has 312 valence electrons. The number of likely N-dealkylation sites (N-methyl/N-ethyl adjacent to an activating group) is 1. The molecule has 1 aliphatic rings. The molecule has 0 bridgehead atoms. The van der Waals surface area contributed by atoms with Gasteiger partial charge >= 0.3 is 28.5 Å². The first kappa shape index (κ1) is 44.8. The number of carboxylic acid groups (broad SMARTS) is 1. The van der Waals surface area contributed by atoms with Gasteiger partial charge < -0.3 is 39.6 Å². The molecular weight excluding hydrogens is 805 g/mol. The van der Waals surface area contributed by atoms with Crippen molar-refractivity contribution in [2.24, 2.45) is 5.73 Å². The van der Waals surface area contributed by atoms with Gasteiger partial charge in [0.2, 0.25) is 5.91 Å². The number of rotatable bonds is 11. The van der Waals surface area contributed by atoms with Crippen molar-refractivity contribution in [3.63, 3.8) is 0 Å². The summed E-state index contributed by atoms with van der Waals surface area (Å²) in [5.41, 5.74) is 6.72. The Labute approximate surface area is 328 Å². The third-order valence-electron chi connectivity index (χ3n) is 9.04. The van der Waals surface area contributed by atoms with Crippen LogP contribution in [-0.4, -0.2) is 79.2 Å². The van der Waals surface area contributed by atoms with Crippen LogP contribution in [0.3, 0.4) is 0 Å². The normalized spacial score (nSPS) is 17.6. The van der Waals surface area contributed by atoms with E-state index in [0.29, 0.717) is 41.7 Å². The summed E-state index contributed by atoms with van der Waals surface area (Å²) < 4.78 is 115. The maximum absolute atomic E-state index is 14.1. The molecule has 1 unspecified atom stereocenters. The number of phenols is 1. The summed E-state index contributed by atoms with van der Waals surface area (Å²) in [6.45, 7) is 1.79. The van der Waals surface area contributed by atoms with Crippen LogP contribution in [0.1, 0.15) is 29.5 Å². The number of urea groups is 1. The SMILES string of the molecule is C[N+]1(Cc2ccc(F)cc2)CCC[C@H](N(C(=O)Nc2ccc(OS(=O)(=O)c3ccc(C(F)(F)F)cc3)cc2)[C@@H](Cc2ccc(O)cc2)C(N)=O)C1.O=C([O-])C(F)(F)F. The molecule has 12 nitrogen and oxygen atoms in total. The van der Waals surface area contributed by atoms with Gasteiger partial charge in [-0.2, -0.15) is 34.8 Å². The van der Waals surface area contributed by atoms with Gasteiger partial charge in [0.1, 0.15) is 40.8 Å². The van der Waals surface area contributed by atoms with E-state index in [9.17, 15) is 53.8 Å². The number of carbonyl (C=O) groups is 3. The number of nitrogens with one attached hydrogen (secondary N) is 1. The molecule has 3 atom stereocenters. The second-order valence-corrected chi connectivity index (χ2v) is 15.1. The Bertz CT molecular complexity index is 2150. The third kappa shape index (κ3) is 12.6. The average Bonchev–Trinajstić information content (AvgIpc) is 3.13. The number of piperidine rings is 1. The minimum absolute atomic E-state index is 0.0321. The molecule has 1 fully saturated rings. The van der Waals surface area contributed by atoms with Crippen molar-refractivity contribution in [3.8, 4) is 11.5 Å². The number of hydrogen-bond donors (Lipinski definition) is 3. The molecule has 5 rings (SSSR count). The van der Waals surface area contributed by atoms with Crippen LogP contribution in [0.2, 0.25) is 0 Å². The molecule has 0 saturated carbocycles. The van der Waals surface area contributed by atoms with Crippen molar-refractivity contribution in [1.29, 1.82) is 0 Å². The van der Waals surface area contributed by atoms with E-state index in [-0.39, 0.29) is 29.4 Å². The van der Waals surface area contributed by atoms with Crippen LogP contribution in [-0.2, 0) is 38.8 Å². The zero-order valence-corrected chi connectivity index (χ0v) is 31.3. The lowest BCUT2D eigenvalue weighted by atomic mass is 9.96. The van der Waals surface area contributed by atoms with Crippen molar-refractivity contribution in [1.82, 2.24) is 4.90 Å². The molecule has 58 heavy (non-hydrogen) atoms. The number of primary amides is 1. The Balaban J connectivity index is 0.000000973. The fourth-order valence-corrected chi connectivity index (χ4v) is 7.25. The molecule has 20 heteroatoms. The smallest absolute Gasteiger partial charge is 0.430 e. The second kappa shape index (κ2) is 18.1. The molecule has 1 aliphatic heterocycles. The Morgan fingerprint density at radius 3 is 1.98 bits per heavy atom. The van der Waals surface area contributed by atoms with E-state index >= 15 is 0 Å². The number of nitrogens with two attached hydrogens (primary N) is 1. The van der Waals surface area contributed by atoms with Gasteiger partial charge in [-0.05, 0) is 91.2 Å². The van der Waals surface area contributed by atoms with E-state index in [2.05, 4.69) is 5.32 Å². The summed E-state index contributed by atoms with van der Waals surface area (Å²) in [7, 11) is -2.45. The quantitative estimate of drug-likeness (QED) is 0.103. The number of benzene rings is 4. The van der Waals surface area contributed by atoms with Crippen molar-refractivity contribution < 1.29 is 72.4 Å². The number of halogens is 7. The van der Waals surface area contributed by atoms with Gasteiger partial charge in [-0.1, -0.05) is 24.3 Å². The molecule has 0 spiro atoms. The number of phenolic OH excluding ortho intramolecular Hbond substituents is 1. The lowest BCUT2D eigenvalue weighted by Crippen LogP contribution is -2.62. The number of aromatic hydroxyl groups is 1. The number of quaternary nitrogens is 1. The van der Waals surface area contributed by atoms with E-state index in [1.807, 2.05) is 7.05 Å². The van der Waals surface area contributed by atoms with Crippen LogP contribution in [0.25, 0.3) is 0 Å². The highest BCUT2D eigenvalue weighted by molar-refractivity contribution is 7.87. The second-order valence-electron chi connectivity index (χ2n) is 13.6. The van der Waals surface area contributed by atoms with Crippen LogP contribution in [0.5, 0.6) is 11.5 Å². The molecular formula is C38H37F7N4O8S. The zero-order chi connectivity index (χ0) is 43.1. The van der Waals surface area contributed by atoms with E-state index in [4.69, 9.17) is 19.8 Å². The molecule has 1 saturated heterocycles. The molecule has 0 aromatic heterocycles. The summed E-state index contributed by atoms with van der Waals surface area (Å²) in [6.07, 6.45) is -8.48. The number of alkyl halides is 6. The maximum Gasteiger partial charge on any atom is 0.430 e. The minimum atomic E-state index is -5.19. The molecule has 0 radical (unpaired) electrons. The fraction of sp³-hybridized carbons (Fsp3) is 0.289. The monoisotopic (exact) mass is 842 g/mol. The van der Waals surface area contributed by atoms with Crippen molar-refractivity contribution >= 4 is 33.7 Å². The maximum atomic E-state index is 14.1. The van der Waals surface area contributed by atoms with E-state index < -0.39 is 62.9 Å². The van der Waals surface area contributed by atoms with Gasteiger partial charge in [0.05, 0.1) is 31.7 Å². The number of aliphatic carboxylic acids is 1. The van der Waals surface area contributed by atoms with Crippen LogP contribution < -0.4 is 20.3 Å². The number of amides is 3. The molecule has 1 heterocycles. The number of carbonyl (C=O) groups excluding carboxylic acids is 3.